The van der Waals surface area contributed by atoms with Gasteiger partial charge in [0.1, 0.15) is 5.00 Å². The van der Waals surface area contributed by atoms with Crippen LogP contribution in [0.3, 0.4) is 0 Å². The molecule has 2 atom stereocenters. The number of fused-ring (bicyclic) bond motifs is 1. The third-order valence-corrected chi connectivity index (χ3v) is 5.95. The minimum Gasteiger partial charge on any atom is -0.462 e. The van der Waals surface area contributed by atoms with Crippen molar-refractivity contribution < 1.29 is 28.6 Å². The van der Waals surface area contributed by atoms with Crippen LogP contribution < -0.4 is 5.32 Å². The molecule has 148 valence electrons. The summed E-state index contributed by atoms with van der Waals surface area (Å²) in [5.74, 6) is -0.871. The predicted octanol–water partition coefficient (Wildman–Crippen LogP) is 2.71. The highest BCUT2D eigenvalue weighted by atomic mass is 32.1. The van der Waals surface area contributed by atoms with E-state index < -0.39 is 30.6 Å². The van der Waals surface area contributed by atoms with Crippen molar-refractivity contribution in [2.24, 2.45) is 5.92 Å². The van der Waals surface area contributed by atoms with Gasteiger partial charge in [0.15, 0.2) is 12.7 Å². The number of anilines is 1. The molecule has 1 fully saturated rings. The van der Waals surface area contributed by atoms with Crippen molar-refractivity contribution in [2.75, 3.05) is 25.1 Å². The highest BCUT2D eigenvalue weighted by molar-refractivity contribution is 7.17. The highest BCUT2D eigenvalue weighted by Gasteiger charge is 2.30. The molecule has 0 saturated carbocycles. The van der Waals surface area contributed by atoms with Crippen molar-refractivity contribution in [3.8, 4) is 0 Å². The van der Waals surface area contributed by atoms with Gasteiger partial charge in [-0.3, -0.25) is 4.79 Å². The number of nitrogens with one attached hydrogen (secondary N) is 1. The lowest BCUT2D eigenvalue weighted by atomic mass is 9.88. The Bertz CT molecular complexity index is 722. The molecule has 1 saturated heterocycles. The fourth-order valence-corrected chi connectivity index (χ4v) is 4.83. The van der Waals surface area contributed by atoms with Crippen molar-refractivity contribution in [3.63, 3.8) is 0 Å². The maximum atomic E-state index is 12.4. The van der Waals surface area contributed by atoms with Gasteiger partial charge >= 0.3 is 11.9 Å². The fourth-order valence-electron chi connectivity index (χ4n) is 3.41. The Morgan fingerprint density at radius 2 is 2.07 bits per heavy atom. The van der Waals surface area contributed by atoms with E-state index in [4.69, 9.17) is 14.2 Å². The van der Waals surface area contributed by atoms with Crippen LogP contribution in [0.1, 0.15) is 53.9 Å². The third-order valence-electron chi connectivity index (χ3n) is 4.78. The molecule has 1 amide bonds. The molecule has 3 rings (SSSR count). The Morgan fingerprint density at radius 3 is 2.78 bits per heavy atom. The van der Waals surface area contributed by atoms with Crippen LogP contribution in [0.5, 0.6) is 0 Å². The maximum Gasteiger partial charge on any atom is 0.341 e. The minimum absolute atomic E-state index is 0.270. The zero-order valence-electron chi connectivity index (χ0n) is 15.7. The number of hydrogen-bond donors (Lipinski definition) is 1. The van der Waals surface area contributed by atoms with Gasteiger partial charge in [0, 0.05) is 11.5 Å². The Hall–Kier alpha value is -1.93. The molecule has 0 radical (unpaired) electrons. The molecular formula is C19H25NO6S. The van der Waals surface area contributed by atoms with E-state index in [0.717, 1.165) is 36.1 Å². The standard InChI is InChI=1S/C19H25NO6S/c1-3-24-19(23)16-12-7-6-11(2)9-14(12)27-17(16)20-15(21)10-26-18(22)13-5-4-8-25-13/h11,13H,3-10H2,1-2H3,(H,20,21). The monoisotopic (exact) mass is 395 g/mol. The number of rotatable bonds is 6. The predicted molar refractivity (Wildman–Crippen MR) is 100 cm³/mol. The van der Waals surface area contributed by atoms with Gasteiger partial charge < -0.3 is 19.5 Å². The summed E-state index contributed by atoms with van der Waals surface area (Å²) in [6.45, 7) is 4.33. The van der Waals surface area contributed by atoms with E-state index in [1.165, 1.54) is 11.3 Å². The summed E-state index contributed by atoms with van der Waals surface area (Å²) in [6, 6.07) is 0. The Labute approximate surface area is 162 Å². The molecule has 1 aliphatic heterocycles. The maximum absolute atomic E-state index is 12.4. The molecule has 1 aromatic rings. The molecule has 0 aromatic carbocycles. The fraction of sp³-hybridized carbons (Fsp3) is 0.632. The largest absolute Gasteiger partial charge is 0.462 e. The second-order valence-electron chi connectivity index (χ2n) is 6.93. The van der Waals surface area contributed by atoms with Crippen LogP contribution in [0.15, 0.2) is 0 Å². The summed E-state index contributed by atoms with van der Waals surface area (Å²) in [6.07, 6.45) is 3.53. The number of esters is 2. The molecule has 2 unspecified atom stereocenters. The van der Waals surface area contributed by atoms with E-state index in [9.17, 15) is 14.4 Å². The average Bonchev–Trinajstić information content (AvgIpc) is 3.27. The van der Waals surface area contributed by atoms with Crippen LogP contribution in [0.2, 0.25) is 0 Å². The Balaban J connectivity index is 1.68. The topological polar surface area (TPSA) is 90.9 Å². The van der Waals surface area contributed by atoms with E-state index in [1.807, 2.05) is 0 Å². The summed E-state index contributed by atoms with van der Waals surface area (Å²) in [4.78, 5) is 37.7. The summed E-state index contributed by atoms with van der Waals surface area (Å²) < 4.78 is 15.5. The van der Waals surface area contributed by atoms with Crippen molar-refractivity contribution in [3.05, 3.63) is 16.0 Å². The first kappa shape index (κ1) is 19.8. The third kappa shape index (κ3) is 4.68. The Morgan fingerprint density at radius 1 is 1.26 bits per heavy atom. The van der Waals surface area contributed by atoms with Gasteiger partial charge in [-0.05, 0) is 50.5 Å². The first-order valence-electron chi connectivity index (χ1n) is 9.39. The van der Waals surface area contributed by atoms with E-state index in [-0.39, 0.29) is 6.61 Å². The molecule has 1 aliphatic carbocycles. The molecule has 8 heteroatoms. The van der Waals surface area contributed by atoms with Crippen molar-refractivity contribution in [2.45, 2.75) is 52.1 Å². The summed E-state index contributed by atoms with van der Waals surface area (Å²) in [5.41, 5.74) is 1.42. The lowest BCUT2D eigenvalue weighted by Gasteiger charge is -2.18. The molecule has 2 aliphatic rings. The molecule has 2 heterocycles. The number of amides is 1. The van der Waals surface area contributed by atoms with Gasteiger partial charge in [0.2, 0.25) is 0 Å². The van der Waals surface area contributed by atoms with E-state index in [1.54, 1.807) is 6.92 Å². The second-order valence-corrected chi connectivity index (χ2v) is 8.04. The van der Waals surface area contributed by atoms with Crippen molar-refractivity contribution in [1.82, 2.24) is 0 Å². The van der Waals surface area contributed by atoms with Gasteiger partial charge in [-0.25, -0.2) is 9.59 Å². The Kier molecular flexibility index (Phi) is 6.49. The molecule has 0 bridgehead atoms. The summed E-state index contributed by atoms with van der Waals surface area (Å²) >= 11 is 1.41. The zero-order chi connectivity index (χ0) is 19.4. The number of carbonyl (C=O) groups excluding carboxylic acids is 3. The molecule has 7 nitrogen and oxygen atoms in total. The zero-order valence-corrected chi connectivity index (χ0v) is 16.5. The van der Waals surface area contributed by atoms with Crippen LogP contribution in [-0.2, 0) is 36.6 Å². The first-order valence-corrected chi connectivity index (χ1v) is 10.2. The molecule has 1 aromatic heterocycles. The van der Waals surface area contributed by atoms with Gasteiger partial charge in [-0.15, -0.1) is 11.3 Å². The molecule has 1 N–H and O–H groups in total. The van der Waals surface area contributed by atoms with Gasteiger partial charge in [0.05, 0.1) is 12.2 Å². The minimum atomic E-state index is -0.580. The van der Waals surface area contributed by atoms with Crippen LogP contribution >= 0.6 is 11.3 Å². The second kappa shape index (κ2) is 8.84. The number of ether oxygens (including phenoxy) is 3. The van der Waals surface area contributed by atoms with Gasteiger partial charge in [-0.2, -0.15) is 0 Å². The van der Waals surface area contributed by atoms with Crippen LogP contribution in [0.25, 0.3) is 0 Å². The summed E-state index contributed by atoms with van der Waals surface area (Å²) in [5, 5.41) is 3.21. The number of hydrogen-bond acceptors (Lipinski definition) is 7. The number of carbonyl (C=O) groups is 3. The average molecular weight is 395 g/mol. The molecule has 0 spiro atoms. The van der Waals surface area contributed by atoms with Gasteiger partial charge in [-0.1, -0.05) is 6.92 Å². The van der Waals surface area contributed by atoms with Crippen LogP contribution in [0.4, 0.5) is 5.00 Å². The van der Waals surface area contributed by atoms with Crippen LogP contribution in [0, 0.1) is 5.92 Å². The van der Waals surface area contributed by atoms with Crippen LogP contribution in [-0.4, -0.2) is 43.8 Å². The van der Waals surface area contributed by atoms with Crippen molar-refractivity contribution in [1.29, 1.82) is 0 Å². The first-order chi connectivity index (χ1) is 13.0. The highest BCUT2D eigenvalue weighted by Crippen LogP contribution is 2.40. The smallest absolute Gasteiger partial charge is 0.341 e. The lowest BCUT2D eigenvalue weighted by Crippen LogP contribution is -2.27. The SMILES string of the molecule is CCOC(=O)c1c(NC(=O)COC(=O)C2CCCO2)sc2c1CCC(C)C2. The van der Waals surface area contributed by atoms with Crippen molar-refractivity contribution >= 4 is 34.2 Å². The molecule has 27 heavy (non-hydrogen) atoms. The lowest BCUT2D eigenvalue weighted by molar-refractivity contribution is -0.156. The quantitative estimate of drug-likeness (QED) is 0.745. The normalized spacial score (nSPS) is 21.4. The van der Waals surface area contributed by atoms with E-state index in [2.05, 4.69) is 12.2 Å². The number of thiophene rings is 1. The van der Waals surface area contributed by atoms with Gasteiger partial charge in [0.25, 0.3) is 5.91 Å². The molecular weight excluding hydrogens is 370 g/mol. The van der Waals surface area contributed by atoms with E-state index in [0.29, 0.717) is 29.5 Å². The summed E-state index contributed by atoms with van der Waals surface area (Å²) in [7, 11) is 0. The van der Waals surface area contributed by atoms with E-state index >= 15 is 0 Å².